The monoisotopic (exact) mass is 389 g/mol. The number of aliphatic imine (C=N–C) groups is 1. The zero-order chi connectivity index (χ0) is 19.7. The molecule has 0 saturated carbocycles. The summed E-state index contributed by atoms with van der Waals surface area (Å²) in [6.07, 6.45) is 2.69. The van der Waals surface area contributed by atoms with Crippen molar-refractivity contribution in [1.29, 1.82) is 0 Å². The van der Waals surface area contributed by atoms with Crippen LogP contribution in [0.3, 0.4) is 0 Å². The van der Waals surface area contributed by atoms with Crippen molar-refractivity contribution in [1.82, 2.24) is 19.8 Å². The lowest BCUT2D eigenvalue weighted by atomic mass is 10.1. The fraction of sp³-hybridized carbons (Fsp3) is 0.944. The normalized spacial score (nSPS) is 18.1. The van der Waals surface area contributed by atoms with Gasteiger partial charge in [-0.15, -0.1) is 0 Å². The van der Waals surface area contributed by atoms with Crippen LogP contribution >= 0.6 is 0 Å². The minimum absolute atomic E-state index is 0.179. The van der Waals surface area contributed by atoms with E-state index >= 15 is 0 Å². The van der Waals surface area contributed by atoms with E-state index in [0.717, 1.165) is 38.3 Å². The fourth-order valence-corrected chi connectivity index (χ4v) is 4.56. The van der Waals surface area contributed by atoms with Gasteiger partial charge < -0.3 is 10.6 Å². The largest absolute Gasteiger partial charge is 0.356 e. The van der Waals surface area contributed by atoms with Gasteiger partial charge in [-0.3, -0.25) is 9.89 Å². The minimum atomic E-state index is -3.06. The second-order valence-corrected chi connectivity index (χ2v) is 9.75. The molecule has 0 aliphatic carbocycles. The zero-order valence-electron chi connectivity index (χ0n) is 17.5. The van der Waals surface area contributed by atoms with Gasteiger partial charge in [-0.25, -0.2) is 12.7 Å². The highest BCUT2D eigenvalue weighted by atomic mass is 32.2. The number of rotatable bonds is 9. The molecule has 1 aliphatic rings. The molecule has 0 bridgehead atoms. The van der Waals surface area contributed by atoms with E-state index in [1.807, 2.05) is 0 Å². The van der Waals surface area contributed by atoms with Crippen molar-refractivity contribution in [3.8, 4) is 0 Å². The molecule has 1 saturated heterocycles. The van der Waals surface area contributed by atoms with Crippen LogP contribution in [0, 0.1) is 0 Å². The molecule has 1 fully saturated rings. The average Bonchev–Trinajstić information content (AvgIpc) is 2.60. The number of nitrogens with zero attached hydrogens (tertiary/aromatic N) is 3. The standard InChI is InChI=1S/C18H39N5O2S/c1-7-26(24,25)22-13-9-17(10-14-22)21-18(19-6)20-11-8-12-23(15(2)3)16(4)5/h15-17H,7-14H2,1-6H3,(H2,19,20,21). The van der Waals surface area contributed by atoms with Crippen molar-refractivity contribution in [2.45, 2.75) is 72.0 Å². The minimum Gasteiger partial charge on any atom is -0.356 e. The zero-order valence-corrected chi connectivity index (χ0v) is 18.3. The van der Waals surface area contributed by atoms with Crippen LogP contribution in [0.2, 0.25) is 0 Å². The van der Waals surface area contributed by atoms with Crippen LogP contribution in [0.1, 0.15) is 53.9 Å². The van der Waals surface area contributed by atoms with Crippen molar-refractivity contribution in [3.63, 3.8) is 0 Å². The fourth-order valence-electron chi connectivity index (χ4n) is 3.43. The van der Waals surface area contributed by atoms with Crippen LogP contribution in [0.4, 0.5) is 0 Å². The van der Waals surface area contributed by atoms with E-state index in [1.54, 1.807) is 18.3 Å². The van der Waals surface area contributed by atoms with Crippen molar-refractivity contribution in [2.24, 2.45) is 4.99 Å². The molecule has 0 aromatic rings. The first-order valence-electron chi connectivity index (χ1n) is 9.92. The summed E-state index contributed by atoms with van der Waals surface area (Å²) in [5.74, 6) is 0.986. The molecule has 154 valence electrons. The molecule has 0 unspecified atom stereocenters. The predicted octanol–water partition coefficient (Wildman–Crippen LogP) is 1.47. The second kappa shape index (κ2) is 11.1. The van der Waals surface area contributed by atoms with Crippen molar-refractivity contribution >= 4 is 16.0 Å². The highest BCUT2D eigenvalue weighted by Gasteiger charge is 2.26. The molecule has 0 radical (unpaired) electrons. The summed E-state index contributed by atoms with van der Waals surface area (Å²) in [5.41, 5.74) is 0. The van der Waals surface area contributed by atoms with Crippen LogP contribution in [0.5, 0.6) is 0 Å². The van der Waals surface area contributed by atoms with Crippen LogP contribution in [0.25, 0.3) is 0 Å². The van der Waals surface area contributed by atoms with Gasteiger partial charge in [-0.1, -0.05) is 0 Å². The lowest BCUT2D eigenvalue weighted by Gasteiger charge is -2.32. The molecular formula is C18H39N5O2S. The highest BCUT2D eigenvalue weighted by Crippen LogP contribution is 2.14. The summed E-state index contributed by atoms with van der Waals surface area (Å²) in [4.78, 5) is 6.79. The number of guanidine groups is 1. The van der Waals surface area contributed by atoms with E-state index in [4.69, 9.17) is 0 Å². The van der Waals surface area contributed by atoms with Crippen molar-refractivity contribution in [2.75, 3.05) is 39.0 Å². The van der Waals surface area contributed by atoms with E-state index in [-0.39, 0.29) is 11.8 Å². The first kappa shape index (κ1) is 23.2. The van der Waals surface area contributed by atoms with Gasteiger partial charge in [0.15, 0.2) is 5.96 Å². The topological polar surface area (TPSA) is 77.0 Å². The number of piperidine rings is 1. The highest BCUT2D eigenvalue weighted by molar-refractivity contribution is 7.89. The Morgan fingerprint density at radius 2 is 1.77 bits per heavy atom. The molecule has 1 heterocycles. The molecule has 1 rings (SSSR count). The van der Waals surface area contributed by atoms with Crippen molar-refractivity contribution < 1.29 is 8.42 Å². The van der Waals surface area contributed by atoms with Gasteiger partial charge in [0, 0.05) is 51.4 Å². The van der Waals surface area contributed by atoms with Gasteiger partial charge in [0.1, 0.15) is 0 Å². The maximum atomic E-state index is 11.9. The van der Waals surface area contributed by atoms with Crippen LogP contribution in [-0.2, 0) is 10.0 Å². The third-order valence-electron chi connectivity index (χ3n) is 4.99. The van der Waals surface area contributed by atoms with Gasteiger partial charge in [0.2, 0.25) is 10.0 Å². The molecule has 26 heavy (non-hydrogen) atoms. The molecule has 0 aromatic heterocycles. The third-order valence-corrected chi connectivity index (χ3v) is 6.87. The SMILES string of the molecule is CCS(=O)(=O)N1CCC(NC(=NC)NCCCN(C(C)C)C(C)C)CC1. The van der Waals surface area contributed by atoms with Crippen molar-refractivity contribution in [3.05, 3.63) is 0 Å². The first-order chi connectivity index (χ1) is 12.2. The smallest absolute Gasteiger partial charge is 0.213 e. The lowest BCUT2D eigenvalue weighted by molar-refractivity contribution is 0.173. The Kier molecular flexibility index (Phi) is 9.89. The number of hydrogen-bond donors (Lipinski definition) is 2. The Morgan fingerprint density at radius 1 is 1.19 bits per heavy atom. The number of nitrogens with one attached hydrogen (secondary N) is 2. The van der Waals surface area contributed by atoms with Crippen LogP contribution in [-0.4, -0.2) is 80.7 Å². The summed E-state index contributed by atoms with van der Waals surface area (Å²) < 4.78 is 25.5. The molecule has 8 heteroatoms. The van der Waals surface area contributed by atoms with E-state index in [0.29, 0.717) is 25.2 Å². The van der Waals surface area contributed by atoms with E-state index in [1.165, 1.54) is 0 Å². The van der Waals surface area contributed by atoms with E-state index < -0.39 is 10.0 Å². The Bertz CT molecular complexity index is 518. The average molecular weight is 390 g/mol. The Morgan fingerprint density at radius 3 is 2.23 bits per heavy atom. The quantitative estimate of drug-likeness (QED) is 0.355. The van der Waals surface area contributed by atoms with Gasteiger partial charge >= 0.3 is 0 Å². The lowest BCUT2D eigenvalue weighted by Crippen LogP contribution is -2.50. The molecule has 1 aliphatic heterocycles. The molecular weight excluding hydrogens is 350 g/mol. The summed E-state index contributed by atoms with van der Waals surface area (Å²) in [5, 5.41) is 6.82. The van der Waals surface area contributed by atoms with Gasteiger partial charge in [0.05, 0.1) is 5.75 Å². The summed E-state index contributed by atoms with van der Waals surface area (Å²) in [6.45, 7) is 13.7. The molecule has 7 nitrogen and oxygen atoms in total. The molecule has 2 N–H and O–H groups in total. The van der Waals surface area contributed by atoms with Gasteiger partial charge in [-0.05, 0) is 53.9 Å². The summed E-state index contributed by atoms with van der Waals surface area (Å²) in [7, 11) is -1.29. The summed E-state index contributed by atoms with van der Waals surface area (Å²) in [6, 6.07) is 1.38. The third kappa shape index (κ3) is 7.40. The van der Waals surface area contributed by atoms with Crippen LogP contribution < -0.4 is 10.6 Å². The molecule has 0 atom stereocenters. The number of sulfonamides is 1. The Labute approximate surface area is 160 Å². The molecule has 0 spiro atoms. The van der Waals surface area contributed by atoms with Gasteiger partial charge in [-0.2, -0.15) is 0 Å². The van der Waals surface area contributed by atoms with Crippen LogP contribution in [0.15, 0.2) is 4.99 Å². The Hall–Kier alpha value is -0.860. The Balaban J connectivity index is 2.34. The maximum Gasteiger partial charge on any atom is 0.213 e. The first-order valence-corrected chi connectivity index (χ1v) is 11.5. The maximum absolute atomic E-state index is 11.9. The van der Waals surface area contributed by atoms with E-state index in [2.05, 4.69) is 48.2 Å². The second-order valence-electron chi connectivity index (χ2n) is 7.50. The number of hydrogen-bond acceptors (Lipinski definition) is 4. The predicted molar refractivity (Wildman–Crippen MR) is 110 cm³/mol. The molecule has 0 aromatic carbocycles. The van der Waals surface area contributed by atoms with E-state index in [9.17, 15) is 8.42 Å². The van der Waals surface area contributed by atoms with Gasteiger partial charge in [0.25, 0.3) is 0 Å². The summed E-state index contributed by atoms with van der Waals surface area (Å²) >= 11 is 0. The molecule has 0 amide bonds.